The van der Waals surface area contributed by atoms with Crippen LogP contribution in [0.15, 0.2) is 53.6 Å². The fourth-order valence-corrected chi connectivity index (χ4v) is 7.32. The van der Waals surface area contributed by atoms with Crippen LogP contribution in [0, 0.1) is 13.8 Å². The molecule has 5 rings (SSSR count). The number of nitrogens with one attached hydrogen (secondary N) is 1. The van der Waals surface area contributed by atoms with Crippen molar-refractivity contribution in [3.8, 4) is 5.88 Å². The maximum atomic E-state index is 13.3. The number of carbonyl (C=O) groups is 1. The third-order valence-corrected chi connectivity index (χ3v) is 10.3. The van der Waals surface area contributed by atoms with Crippen molar-refractivity contribution in [1.82, 2.24) is 29.6 Å². The second-order valence-electron chi connectivity index (χ2n) is 12.4. The van der Waals surface area contributed by atoms with Crippen molar-refractivity contribution in [2.24, 2.45) is 0 Å². The highest BCUT2D eigenvalue weighted by Gasteiger charge is 2.36. The number of aliphatic hydroxyl groups is 1. The van der Waals surface area contributed by atoms with Crippen molar-refractivity contribution in [1.29, 1.82) is 0 Å². The zero-order valence-corrected chi connectivity index (χ0v) is 27.6. The van der Waals surface area contributed by atoms with E-state index in [9.17, 15) is 19.0 Å². The Morgan fingerprint density at radius 1 is 1.18 bits per heavy atom. The van der Waals surface area contributed by atoms with Gasteiger partial charge in [-0.25, -0.2) is 9.67 Å². The first-order valence-corrected chi connectivity index (χ1v) is 16.9. The molecule has 4 N–H and O–H groups in total. The predicted molar refractivity (Wildman–Crippen MR) is 175 cm³/mol. The van der Waals surface area contributed by atoms with Gasteiger partial charge in [0, 0.05) is 38.2 Å². The number of hydrogen-bond acceptors (Lipinski definition) is 9. The number of fused-ring (bicyclic) bond motifs is 2. The highest BCUT2D eigenvalue weighted by atomic mass is 32.3. The number of carbonyl (C=O) groups excluding carboxylic acids is 1. The summed E-state index contributed by atoms with van der Waals surface area (Å²) < 4.78 is 32.7. The van der Waals surface area contributed by atoms with E-state index in [2.05, 4.69) is 26.7 Å². The van der Waals surface area contributed by atoms with Crippen molar-refractivity contribution in [2.75, 3.05) is 13.1 Å². The smallest absolute Gasteiger partial charge is 0.239 e. The van der Waals surface area contributed by atoms with E-state index >= 15 is 0 Å². The monoisotopic (exact) mass is 636 g/mol. The molecule has 0 radical (unpaired) electrons. The Morgan fingerprint density at radius 2 is 1.96 bits per heavy atom. The van der Waals surface area contributed by atoms with E-state index in [1.807, 2.05) is 56.6 Å². The molecule has 2 aromatic carbocycles. The molecular formula is C33H44N6O5S. The number of rotatable bonds is 10. The van der Waals surface area contributed by atoms with Gasteiger partial charge in [0.05, 0.1) is 17.7 Å². The largest absolute Gasteiger partial charge is 0.472 e. The molecule has 11 nitrogen and oxygen atoms in total. The molecular weight excluding hydrogens is 592 g/mol. The lowest BCUT2D eigenvalue weighted by atomic mass is 9.84. The Morgan fingerprint density at radius 3 is 2.67 bits per heavy atom. The van der Waals surface area contributed by atoms with Crippen LogP contribution in [-0.4, -0.2) is 69.2 Å². The van der Waals surface area contributed by atoms with Gasteiger partial charge in [-0.15, -0.1) is 15.9 Å². The SMILES string of the molecule is CC[C@@H]1CN(Cc2cc([C@H](CC(=O)NCC(C)(C)O)c3ccc4c(nnn4CC)c3C)ccc2C)S(O)(O)c2cccnc2O1. The first kappa shape index (κ1) is 32.8. The fraction of sp³-hybridized carbons (Fsp3) is 0.455. The lowest BCUT2D eigenvalue weighted by molar-refractivity contribution is -0.122. The highest BCUT2D eigenvalue weighted by Crippen LogP contribution is 2.57. The molecule has 2 atom stereocenters. The molecule has 0 saturated carbocycles. The second kappa shape index (κ2) is 13.1. The first-order valence-electron chi connectivity index (χ1n) is 15.4. The highest BCUT2D eigenvalue weighted by molar-refractivity contribution is 8.22. The Labute approximate surface area is 266 Å². The van der Waals surface area contributed by atoms with Gasteiger partial charge in [0.1, 0.15) is 16.5 Å². The Balaban J connectivity index is 1.54. The van der Waals surface area contributed by atoms with Gasteiger partial charge in [0.25, 0.3) is 0 Å². The van der Waals surface area contributed by atoms with Crippen LogP contribution in [0.1, 0.15) is 74.3 Å². The Bertz CT molecular complexity index is 1680. The number of aryl methyl sites for hydroxylation is 3. The number of ether oxygens (including phenoxy) is 1. The Hall–Kier alpha value is -3.55. The standard InChI is InChI=1S/C33H44N6O5S/c1-7-25-19-38(45(42,43)29-10-9-15-34-32(29)44-25)18-24-16-23(12-11-21(24)3)27(17-30(40)35-20-33(5,6)41)26-13-14-28-31(22(26)4)36-37-39(28)8-2/h9-16,25,27,41-43H,7-8,17-20H2,1-6H3,(H,35,40)/t25-,27+/m1/s1. The molecule has 0 saturated heterocycles. The molecule has 0 bridgehead atoms. The molecule has 1 amide bonds. The number of amides is 1. The summed E-state index contributed by atoms with van der Waals surface area (Å²) in [6.07, 6.45) is 2.14. The zero-order valence-electron chi connectivity index (χ0n) is 26.8. The van der Waals surface area contributed by atoms with Crippen LogP contribution >= 0.6 is 10.8 Å². The summed E-state index contributed by atoms with van der Waals surface area (Å²) in [5.74, 6) is -0.265. The third kappa shape index (κ3) is 7.00. The minimum atomic E-state index is -3.39. The van der Waals surface area contributed by atoms with E-state index in [0.29, 0.717) is 19.5 Å². The van der Waals surface area contributed by atoms with Gasteiger partial charge < -0.3 is 15.2 Å². The first-order chi connectivity index (χ1) is 21.3. The Kier molecular flexibility index (Phi) is 9.52. The molecule has 0 unspecified atom stereocenters. The summed E-state index contributed by atoms with van der Waals surface area (Å²) in [6, 6.07) is 13.5. The van der Waals surface area contributed by atoms with Crippen LogP contribution in [0.25, 0.3) is 11.0 Å². The molecule has 0 fully saturated rings. The summed E-state index contributed by atoms with van der Waals surface area (Å²) in [4.78, 5) is 17.9. The molecule has 1 aliphatic rings. The van der Waals surface area contributed by atoms with Gasteiger partial charge in [0.2, 0.25) is 11.8 Å². The number of pyridine rings is 1. The quantitative estimate of drug-likeness (QED) is 0.175. The molecule has 4 aromatic rings. The summed E-state index contributed by atoms with van der Waals surface area (Å²) in [6.45, 7) is 12.7. The molecule has 45 heavy (non-hydrogen) atoms. The lowest BCUT2D eigenvalue weighted by Gasteiger charge is -2.41. The number of benzene rings is 2. The molecule has 12 heteroatoms. The van der Waals surface area contributed by atoms with Crippen molar-refractivity contribution in [3.63, 3.8) is 0 Å². The van der Waals surface area contributed by atoms with Gasteiger partial charge in [-0.1, -0.05) is 36.4 Å². The van der Waals surface area contributed by atoms with E-state index in [1.54, 1.807) is 36.5 Å². The molecule has 1 aliphatic heterocycles. The summed E-state index contributed by atoms with van der Waals surface area (Å²) in [5.41, 5.74) is 5.40. The van der Waals surface area contributed by atoms with E-state index in [-0.39, 0.29) is 48.2 Å². The summed E-state index contributed by atoms with van der Waals surface area (Å²) >= 11 is 0. The van der Waals surface area contributed by atoms with Crippen LogP contribution in [0.2, 0.25) is 0 Å². The van der Waals surface area contributed by atoms with Crippen LogP contribution in [0.4, 0.5) is 0 Å². The number of aromatic nitrogens is 4. The summed E-state index contributed by atoms with van der Waals surface area (Å²) in [5, 5.41) is 21.8. The molecule has 0 aliphatic carbocycles. The normalized spacial score (nSPS) is 18.1. The average Bonchev–Trinajstić information content (AvgIpc) is 3.39. The number of hydrogen-bond donors (Lipinski definition) is 4. The molecule has 2 aromatic heterocycles. The zero-order chi connectivity index (χ0) is 32.5. The van der Waals surface area contributed by atoms with Crippen molar-refractivity contribution in [2.45, 2.75) is 90.0 Å². The van der Waals surface area contributed by atoms with Gasteiger partial charge in [-0.2, -0.15) is 4.31 Å². The van der Waals surface area contributed by atoms with E-state index in [0.717, 1.165) is 38.9 Å². The van der Waals surface area contributed by atoms with Crippen LogP contribution in [0.5, 0.6) is 5.88 Å². The topological polar surface area (TPSA) is 146 Å². The number of nitrogens with zero attached hydrogens (tertiary/aromatic N) is 5. The molecule has 0 spiro atoms. The van der Waals surface area contributed by atoms with E-state index in [1.165, 1.54) is 0 Å². The van der Waals surface area contributed by atoms with E-state index in [4.69, 9.17) is 4.74 Å². The van der Waals surface area contributed by atoms with Gasteiger partial charge in [0.15, 0.2) is 0 Å². The van der Waals surface area contributed by atoms with Crippen molar-refractivity contribution < 1.29 is 23.7 Å². The second-order valence-corrected chi connectivity index (χ2v) is 14.4. The third-order valence-electron chi connectivity index (χ3n) is 8.42. The van der Waals surface area contributed by atoms with Crippen LogP contribution in [0.3, 0.4) is 0 Å². The summed E-state index contributed by atoms with van der Waals surface area (Å²) in [7, 11) is -3.39. The van der Waals surface area contributed by atoms with Gasteiger partial charge in [-0.05, 0) is 87.1 Å². The van der Waals surface area contributed by atoms with Crippen LogP contribution < -0.4 is 10.1 Å². The minimum absolute atomic E-state index is 0.129. The van der Waals surface area contributed by atoms with Crippen molar-refractivity contribution >= 4 is 27.7 Å². The predicted octanol–water partition coefficient (Wildman–Crippen LogP) is 5.57. The minimum Gasteiger partial charge on any atom is -0.472 e. The van der Waals surface area contributed by atoms with Gasteiger partial charge >= 0.3 is 0 Å². The van der Waals surface area contributed by atoms with Crippen LogP contribution in [-0.2, 0) is 17.9 Å². The lowest BCUT2D eigenvalue weighted by Crippen LogP contribution is -2.38. The molecule has 3 heterocycles. The van der Waals surface area contributed by atoms with E-state index < -0.39 is 16.4 Å². The van der Waals surface area contributed by atoms with Crippen molar-refractivity contribution in [3.05, 3.63) is 76.5 Å². The maximum Gasteiger partial charge on any atom is 0.239 e. The average molecular weight is 637 g/mol. The van der Waals surface area contributed by atoms with Gasteiger partial charge in [-0.3, -0.25) is 13.9 Å². The molecule has 242 valence electrons. The maximum absolute atomic E-state index is 13.3. The fourth-order valence-electron chi connectivity index (χ4n) is 5.75.